The molecule has 2 bridgehead atoms. The molecule has 3 nitrogen and oxygen atoms in total. The second-order valence-corrected chi connectivity index (χ2v) is 6.43. The first-order valence-corrected chi connectivity index (χ1v) is 7.49. The van der Waals surface area contributed by atoms with Gasteiger partial charge in [0.15, 0.2) is 0 Å². The number of hydrogen-bond acceptors (Lipinski definition) is 2. The van der Waals surface area contributed by atoms with Gasteiger partial charge in [-0.05, 0) is 38.1 Å². The van der Waals surface area contributed by atoms with Crippen LogP contribution in [0.5, 0.6) is 0 Å². The van der Waals surface area contributed by atoms with Gasteiger partial charge in [-0.3, -0.25) is 9.59 Å². The Morgan fingerprint density at radius 1 is 0.955 bits per heavy atom. The minimum atomic E-state index is -0.378. The Morgan fingerprint density at radius 2 is 1.45 bits per heavy atom. The lowest BCUT2D eigenvalue weighted by atomic mass is 9.85. The molecule has 4 rings (SSSR count). The highest BCUT2D eigenvalue weighted by molar-refractivity contribution is 6.23. The van der Waals surface area contributed by atoms with Crippen LogP contribution < -0.4 is 4.90 Å². The monoisotopic (exact) mass is 297 g/mol. The lowest BCUT2D eigenvalue weighted by Crippen LogP contribution is -2.33. The zero-order valence-corrected chi connectivity index (χ0v) is 12.4. The van der Waals surface area contributed by atoms with Crippen LogP contribution in [0, 0.1) is 29.5 Å². The number of carbonyl (C=O) groups is 2. The summed E-state index contributed by atoms with van der Waals surface area (Å²) in [6.45, 7) is 4.08. The third-order valence-corrected chi connectivity index (χ3v) is 5.08. The van der Waals surface area contributed by atoms with Gasteiger partial charge in [0.25, 0.3) is 0 Å². The van der Waals surface area contributed by atoms with Crippen LogP contribution in [0.4, 0.5) is 10.1 Å². The standard InChI is InChI=1S/C18H16FNO2/c1-9(2)14-12-7-8-13(14)16-15(12)17(21)20(18(16)22)11-5-3-10(19)4-6-11/h3-8,12-13,15-16H,1-2H3/t12-,13+,15-,16-/m1/s1. The van der Waals surface area contributed by atoms with E-state index in [-0.39, 0.29) is 41.3 Å². The number of allylic oxidation sites excluding steroid dienone is 4. The zero-order chi connectivity index (χ0) is 15.6. The number of benzene rings is 1. The molecule has 1 saturated carbocycles. The Kier molecular flexibility index (Phi) is 2.68. The number of halogens is 1. The van der Waals surface area contributed by atoms with Crippen molar-refractivity contribution in [3.8, 4) is 0 Å². The van der Waals surface area contributed by atoms with Crippen LogP contribution in [0.1, 0.15) is 13.8 Å². The van der Waals surface area contributed by atoms with Crippen molar-refractivity contribution in [1.29, 1.82) is 0 Å². The number of carbonyl (C=O) groups excluding carboxylic acids is 2. The van der Waals surface area contributed by atoms with Gasteiger partial charge >= 0.3 is 0 Å². The van der Waals surface area contributed by atoms with Gasteiger partial charge in [-0.25, -0.2) is 9.29 Å². The van der Waals surface area contributed by atoms with E-state index in [1.54, 1.807) is 0 Å². The van der Waals surface area contributed by atoms with Crippen LogP contribution in [-0.2, 0) is 9.59 Å². The van der Waals surface area contributed by atoms with Gasteiger partial charge < -0.3 is 0 Å². The van der Waals surface area contributed by atoms with Crippen molar-refractivity contribution in [2.45, 2.75) is 13.8 Å². The van der Waals surface area contributed by atoms with Crippen molar-refractivity contribution >= 4 is 17.5 Å². The molecule has 2 aliphatic carbocycles. The quantitative estimate of drug-likeness (QED) is 0.590. The summed E-state index contributed by atoms with van der Waals surface area (Å²) in [4.78, 5) is 26.8. The lowest BCUT2D eigenvalue weighted by Gasteiger charge is -2.19. The molecule has 22 heavy (non-hydrogen) atoms. The molecule has 3 aliphatic rings. The van der Waals surface area contributed by atoms with E-state index in [4.69, 9.17) is 0 Å². The number of nitrogens with zero attached hydrogens (tertiary/aromatic N) is 1. The molecule has 0 spiro atoms. The first-order valence-electron chi connectivity index (χ1n) is 7.49. The molecule has 1 aromatic rings. The van der Waals surface area contributed by atoms with Crippen molar-refractivity contribution in [3.63, 3.8) is 0 Å². The van der Waals surface area contributed by atoms with Gasteiger partial charge in [-0.2, -0.15) is 0 Å². The maximum absolute atomic E-state index is 13.1. The highest BCUT2D eigenvalue weighted by Gasteiger charge is 2.61. The van der Waals surface area contributed by atoms with E-state index in [2.05, 4.69) is 12.2 Å². The maximum atomic E-state index is 13.1. The largest absolute Gasteiger partial charge is 0.274 e. The fourth-order valence-electron chi connectivity index (χ4n) is 4.27. The molecule has 0 N–H and O–H groups in total. The zero-order valence-electron chi connectivity index (χ0n) is 12.4. The number of rotatable bonds is 1. The van der Waals surface area contributed by atoms with Gasteiger partial charge in [-0.15, -0.1) is 0 Å². The summed E-state index contributed by atoms with van der Waals surface area (Å²) in [5, 5.41) is 0. The van der Waals surface area contributed by atoms with E-state index >= 15 is 0 Å². The normalized spacial score (nSPS) is 32.1. The average molecular weight is 297 g/mol. The van der Waals surface area contributed by atoms with Crippen molar-refractivity contribution in [2.24, 2.45) is 23.7 Å². The van der Waals surface area contributed by atoms with Crippen LogP contribution in [0.25, 0.3) is 0 Å². The smallest absolute Gasteiger partial charge is 0.238 e. The molecular weight excluding hydrogens is 281 g/mol. The number of hydrogen-bond donors (Lipinski definition) is 0. The summed E-state index contributed by atoms with van der Waals surface area (Å²) >= 11 is 0. The second kappa shape index (κ2) is 4.38. The van der Waals surface area contributed by atoms with Crippen molar-refractivity contribution in [3.05, 3.63) is 53.4 Å². The average Bonchev–Trinajstić information content (AvgIpc) is 3.11. The third-order valence-electron chi connectivity index (χ3n) is 5.08. The highest BCUT2D eigenvalue weighted by atomic mass is 19.1. The molecule has 1 saturated heterocycles. The maximum Gasteiger partial charge on any atom is 0.238 e. The fraction of sp³-hybridized carbons (Fsp3) is 0.333. The van der Waals surface area contributed by atoms with Crippen molar-refractivity contribution in [2.75, 3.05) is 4.90 Å². The first-order chi connectivity index (χ1) is 10.5. The molecule has 0 radical (unpaired) electrons. The van der Waals surface area contributed by atoms with E-state index in [9.17, 15) is 14.0 Å². The summed E-state index contributed by atoms with van der Waals surface area (Å²) in [7, 11) is 0. The van der Waals surface area contributed by atoms with Gasteiger partial charge in [0.1, 0.15) is 5.82 Å². The van der Waals surface area contributed by atoms with Crippen LogP contribution >= 0.6 is 0 Å². The minimum absolute atomic E-state index is 0.0434. The molecule has 1 aliphatic heterocycles. The molecule has 2 amide bonds. The van der Waals surface area contributed by atoms with Gasteiger partial charge in [0, 0.05) is 11.8 Å². The van der Waals surface area contributed by atoms with E-state index in [1.165, 1.54) is 40.3 Å². The SMILES string of the molecule is CC(C)=C1[C@H]2C=C[C@@H]1[C@H]1C(=O)N(c3ccc(F)cc3)C(=O)[C@@H]12. The van der Waals surface area contributed by atoms with Crippen LogP contribution in [0.15, 0.2) is 47.6 Å². The Bertz CT molecular complexity index is 709. The minimum Gasteiger partial charge on any atom is -0.274 e. The predicted octanol–water partition coefficient (Wildman–Crippen LogP) is 3.08. The molecule has 4 atom stereocenters. The second-order valence-electron chi connectivity index (χ2n) is 6.43. The molecule has 2 fully saturated rings. The first kappa shape index (κ1) is 13.4. The fourth-order valence-corrected chi connectivity index (χ4v) is 4.27. The van der Waals surface area contributed by atoms with E-state index in [0.29, 0.717) is 5.69 Å². The number of fused-ring (bicyclic) bond motifs is 5. The Morgan fingerprint density at radius 3 is 1.91 bits per heavy atom. The summed E-state index contributed by atoms with van der Waals surface area (Å²) in [5.74, 6) is -1.19. The molecule has 112 valence electrons. The van der Waals surface area contributed by atoms with E-state index < -0.39 is 0 Å². The number of anilines is 1. The summed E-state index contributed by atoms with van der Waals surface area (Å²) < 4.78 is 13.1. The predicted molar refractivity (Wildman–Crippen MR) is 80.4 cm³/mol. The number of amides is 2. The molecule has 0 unspecified atom stereocenters. The van der Waals surface area contributed by atoms with Crippen LogP contribution in [-0.4, -0.2) is 11.8 Å². The van der Waals surface area contributed by atoms with E-state index in [1.807, 2.05) is 13.8 Å². The molecule has 1 heterocycles. The molecule has 1 aromatic carbocycles. The van der Waals surface area contributed by atoms with Gasteiger partial charge in [-0.1, -0.05) is 23.3 Å². The summed E-state index contributed by atoms with van der Waals surface area (Å²) in [6.07, 6.45) is 4.13. The Hall–Kier alpha value is -2.23. The van der Waals surface area contributed by atoms with Gasteiger partial charge in [0.05, 0.1) is 17.5 Å². The van der Waals surface area contributed by atoms with Crippen LogP contribution in [0.2, 0.25) is 0 Å². The Balaban J connectivity index is 1.76. The summed E-state index contributed by atoms with van der Waals surface area (Å²) in [6, 6.07) is 5.53. The molecule has 0 aromatic heterocycles. The lowest BCUT2D eigenvalue weighted by molar-refractivity contribution is -0.122. The topological polar surface area (TPSA) is 37.4 Å². The van der Waals surface area contributed by atoms with Crippen molar-refractivity contribution in [1.82, 2.24) is 0 Å². The highest BCUT2D eigenvalue weighted by Crippen LogP contribution is 2.57. The van der Waals surface area contributed by atoms with Crippen molar-refractivity contribution < 1.29 is 14.0 Å². The third kappa shape index (κ3) is 1.55. The number of imide groups is 1. The summed E-state index contributed by atoms with van der Waals surface area (Å²) in [5.41, 5.74) is 2.89. The van der Waals surface area contributed by atoms with E-state index in [0.717, 1.165) is 0 Å². The van der Waals surface area contributed by atoms with Gasteiger partial charge in [0.2, 0.25) is 11.8 Å². The van der Waals surface area contributed by atoms with Crippen LogP contribution in [0.3, 0.4) is 0 Å². The Labute approximate surface area is 128 Å². The molecule has 4 heteroatoms. The molecular formula is C18H16FNO2.